The molecule has 5 heterocycles. The minimum Gasteiger partial charge on any atom is -0.376 e. The summed E-state index contributed by atoms with van der Waals surface area (Å²) in [6, 6.07) is 8.37. The molecule has 0 saturated carbocycles. The molecular formula is C25H21N7. The van der Waals surface area contributed by atoms with E-state index in [-0.39, 0.29) is 0 Å². The molecular weight excluding hydrogens is 398 g/mol. The highest BCUT2D eigenvalue weighted by Crippen LogP contribution is 2.34. The van der Waals surface area contributed by atoms with Crippen molar-refractivity contribution in [1.82, 2.24) is 30.1 Å². The zero-order valence-electron chi connectivity index (χ0n) is 17.8. The second-order valence-electron chi connectivity index (χ2n) is 8.12. The Balaban J connectivity index is 1.48. The molecule has 0 fully saturated rings. The lowest BCUT2D eigenvalue weighted by Gasteiger charge is -2.12. The summed E-state index contributed by atoms with van der Waals surface area (Å²) in [5, 5.41) is 9.65. The van der Waals surface area contributed by atoms with Crippen LogP contribution >= 0.6 is 0 Å². The number of hydrogen-bond donors (Lipinski definition) is 2. The van der Waals surface area contributed by atoms with Gasteiger partial charge in [-0.05, 0) is 36.3 Å². The van der Waals surface area contributed by atoms with E-state index in [1.54, 1.807) is 0 Å². The highest BCUT2D eigenvalue weighted by atomic mass is 15.2. The van der Waals surface area contributed by atoms with Crippen molar-refractivity contribution in [3.63, 3.8) is 0 Å². The molecule has 7 heteroatoms. The van der Waals surface area contributed by atoms with Gasteiger partial charge in [0.2, 0.25) is 0 Å². The number of hydrogen-bond acceptors (Lipinski definition) is 5. The molecule has 0 radical (unpaired) electrons. The summed E-state index contributed by atoms with van der Waals surface area (Å²) in [6.45, 7) is 0. The summed E-state index contributed by atoms with van der Waals surface area (Å²) >= 11 is 0. The first-order valence-electron chi connectivity index (χ1n) is 10.5. The Morgan fingerprint density at radius 3 is 2.72 bits per heavy atom. The number of anilines is 1. The molecule has 0 unspecified atom stereocenters. The number of allylic oxidation sites excluding steroid dienone is 4. The second-order valence-corrected chi connectivity index (χ2v) is 8.12. The van der Waals surface area contributed by atoms with Crippen LogP contribution in [0.2, 0.25) is 0 Å². The number of nitrogens with zero attached hydrogens (tertiary/aromatic N) is 5. The summed E-state index contributed by atoms with van der Waals surface area (Å²) in [4.78, 5) is 19.2. The third-order valence-electron chi connectivity index (χ3n) is 5.85. The molecule has 7 nitrogen and oxygen atoms in total. The predicted molar refractivity (Wildman–Crippen MR) is 128 cm³/mol. The molecule has 0 aliphatic heterocycles. The normalized spacial score (nSPS) is 13.2. The first kappa shape index (κ1) is 18.5. The average molecular weight is 419 g/mol. The largest absolute Gasteiger partial charge is 0.376 e. The molecule has 0 spiro atoms. The maximum absolute atomic E-state index is 4.63. The fourth-order valence-corrected chi connectivity index (χ4v) is 4.15. The van der Waals surface area contributed by atoms with Gasteiger partial charge in [0, 0.05) is 60.1 Å². The molecule has 0 atom stereocenters. The van der Waals surface area contributed by atoms with Crippen LogP contribution in [0.25, 0.3) is 50.0 Å². The van der Waals surface area contributed by atoms with Gasteiger partial charge in [0.1, 0.15) is 0 Å². The monoisotopic (exact) mass is 419 g/mol. The van der Waals surface area contributed by atoms with E-state index in [1.165, 1.54) is 0 Å². The van der Waals surface area contributed by atoms with Crippen LogP contribution in [0.15, 0.2) is 67.3 Å². The van der Waals surface area contributed by atoms with Crippen molar-refractivity contribution in [1.29, 1.82) is 0 Å². The topological polar surface area (TPSA) is 86.4 Å². The van der Waals surface area contributed by atoms with E-state index < -0.39 is 0 Å². The summed E-state index contributed by atoms with van der Waals surface area (Å²) in [7, 11) is 4.01. The lowest BCUT2D eigenvalue weighted by Crippen LogP contribution is -2.08. The molecule has 1 aliphatic carbocycles. The van der Waals surface area contributed by atoms with Crippen molar-refractivity contribution >= 4 is 33.2 Å². The zero-order valence-corrected chi connectivity index (χ0v) is 17.8. The Hall–Kier alpha value is -4.26. The molecule has 0 aromatic carbocycles. The Morgan fingerprint density at radius 2 is 1.88 bits per heavy atom. The van der Waals surface area contributed by atoms with Crippen LogP contribution in [0, 0.1) is 0 Å². The van der Waals surface area contributed by atoms with E-state index in [0.717, 1.165) is 62.2 Å². The quantitative estimate of drug-likeness (QED) is 0.429. The minimum atomic E-state index is 0.680. The van der Waals surface area contributed by atoms with E-state index in [1.807, 2.05) is 49.8 Å². The number of aromatic nitrogens is 6. The fourth-order valence-electron chi connectivity index (χ4n) is 4.15. The van der Waals surface area contributed by atoms with Crippen molar-refractivity contribution in [2.75, 3.05) is 19.0 Å². The first-order chi connectivity index (χ1) is 15.7. The van der Waals surface area contributed by atoms with Crippen LogP contribution in [0.1, 0.15) is 12.1 Å². The molecule has 1 aliphatic rings. The number of nitrogens with one attached hydrogen (secondary N) is 2. The third-order valence-corrected chi connectivity index (χ3v) is 5.85. The Bertz CT molecular complexity index is 1530. The highest BCUT2D eigenvalue weighted by Gasteiger charge is 2.16. The third kappa shape index (κ3) is 2.98. The maximum Gasteiger partial charge on any atom is 0.181 e. The van der Waals surface area contributed by atoms with Gasteiger partial charge in [-0.25, -0.2) is 4.98 Å². The Kier molecular flexibility index (Phi) is 4.14. The average Bonchev–Trinajstić information content (AvgIpc) is 3.57. The molecule has 6 rings (SSSR count). The van der Waals surface area contributed by atoms with Crippen LogP contribution in [0.5, 0.6) is 0 Å². The van der Waals surface area contributed by atoms with Gasteiger partial charge in [0.25, 0.3) is 0 Å². The molecule has 2 N–H and O–H groups in total. The smallest absolute Gasteiger partial charge is 0.181 e. The molecule has 5 aromatic heterocycles. The second kappa shape index (κ2) is 7.16. The van der Waals surface area contributed by atoms with Crippen LogP contribution in [-0.2, 0) is 0 Å². The van der Waals surface area contributed by atoms with Crippen molar-refractivity contribution in [3.8, 4) is 22.5 Å². The zero-order chi connectivity index (χ0) is 21.7. The van der Waals surface area contributed by atoms with E-state index in [4.69, 9.17) is 0 Å². The van der Waals surface area contributed by atoms with Crippen molar-refractivity contribution in [3.05, 3.63) is 73.0 Å². The van der Waals surface area contributed by atoms with Crippen molar-refractivity contribution < 1.29 is 0 Å². The molecule has 0 bridgehead atoms. The fraction of sp³-hybridized carbons (Fsp3) is 0.120. The molecule has 0 saturated heterocycles. The van der Waals surface area contributed by atoms with Gasteiger partial charge < -0.3 is 9.88 Å². The van der Waals surface area contributed by atoms with Crippen LogP contribution in [-0.4, -0.2) is 44.2 Å². The van der Waals surface area contributed by atoms with Crippen molar-refractivity contribution in [2.45, 2.75) is 6.42 Å². The molecule has 32 heavy (non-hydrogen) atoms. The number of pyridine rings is 3. The van der Waals surface area contributed by atoms with E-state index in [2.05, 4.69) is 66.6 Å². The first-order valence-corrected chi connectivity index (χ1v) is 10.5. The van der Waals surface area contributed by atoms with Gasteiger partial charge >= 0.3 is 0 Å². The van der Waals surface area contributed by atoms with Gasteiger partial charge in [0.15, 0.2) is 5.65 Å². The van der Waals surface area contributed by atoms with Crippen LogP contribution < -0.4 is 4.90 Å². The van der Waals surface area contributed by atoms with E-state index in [9.17, 15) is 0 Å². The number of rotatable bonds is 4. The van der Waals surface area contributed by atoms with Gasteiger partial charge in [-0.3, -0.25) is 15.1 Å². The Morgan fingerprint density at radius 1 is 0.969 bits per heavy atom. The van der Waals surface area contributed by atoms with E-state index in [0.29, 0.717) is 5.65 Å². The molecule has 0 amide bonds. The summed E-state index contributed by atoms with van der Waals surface area (Å²) in [5.41, 5.74) is 8.79. The molecule has 5 aromatic rings. The maximum atomic E-state index is 4.63. The number of aromatic amines is 2. The standard InChI is InChI=1S/C25H21N7/c1-32(2)18-9-16(12-26-14-18)17-10-20-24(30-31-25(20)28-13-17)22-11-19-21(29-22)7-8-27-23(19)15-5-3-4-6-15/h3,5-14,29H,4H2,1-2H3,(H,28,30,31). The predicted octanol–water partition coefficient (Wildman–Crippen LogP) is 4.97. The lowest BCUT2D eigenvalue weighted by molar-refractivity contribution is 1.10. The Labute approximate surface area is 184 Å². The van der Waals surface area contributed by atoms with Gasteiger partial charge in [0.05, 0.1) is 29.0 Å². The summed E-state index contributed by atoms with van der Waals surface area (Å²) in [5.74, 6) is 0. The van der Waals surface area contributed by atoms with Crippen LogP contribution in [0.4, 0.5) is 5.69 Å². The number of H-pyrrole nitrogens is 2. The van der Waals surface area contributed by atoms with Gasteiger partial charge in [-0.15, -0.1) is 0 Å². The van der Waals surface area contributed by atoms with Gasteiger partial charge in [-0.1, -0.05) is 18.2 Å². The summed E-state index contributed by atoms with van der Waals surface area (Å²) < 4.78 is 0. The van der Waals surface area contributed by atoms with Crippen LogP contribution in [0.3, 0.4) is 0 Å². The van der Waals surface area contributed by atoms with Crippen molar-refractivity contribution in [2.24, 2.45) is 0 Å². The highest BCUT2D eigenvalue weighted by molar-refractivity contribution is 5.99. The van der Waals surface area contributed by atoms with E-state index >= 15 is 0 Å². The number of fused-ring (bicyclic) bond motifs is 2. The minimum absolute atomic E-state index is 0.680. The summed E-state index contributed by atoms with van der Waals surface area (Å²) in [6.07, 6.45) is 14.8. The SMILES string of the molecule is CN(C)c1cncc(-c2cnc3n[nH]c(-c4cc5c(C6=CCC=C6)nccc5[nH]4)c3c2)c1. The molecule has 156 valence electrons. The van der Waals surface area contributed by atoms with Gasteiger partial charge in [-0.2, -0.15) is 5.10 Å². The lowest BCUT2D eigenvalue weighted by atomic mass is 10.1.